The summed E-state index contributed by atoms with van der Waals surface area (Å²) >= 11 is 0. The second kappa shape index (κ2) is 4.38. The number of hydrogen-bond acceptors (Lipinski definition) is 1. The summed E-state index contributed by atoms with van der Waals surface area (Å²) in [5.74, 6) is -0.768. The largest absolute Gasteiger partial charge is 0.417 e. The number of alkyl halides is 3. The monoisotopic (exact) mass is 229 g/mol. The molecule has 1 amide bonds. The molecule has 5 heteroatoms. The highest BCUT2D eigenvalue weighted by molar-refractivity contribution is 5.96. The van der Waals surface area contributed by atoms with Gasteiger partial charge in [0.25, 0.3) is 5.91 Å². The fraction of sp³-hybridized carbons (Fsp3) is 0.182. The van der Waals surface area contributed by atoms with Gasteiger partial charge in [-0.2, -0.15) is 13.2 Å². The standard InChI is InChI=1S/C11H10F3NO/c1-3-7-4-5-9(11(12,13)14)8(6-7)10(16)15-2/h3-6H,1H2,2H3,(H,15,16). The summed E-state index contributed by atoms with van der Waals surface area (Å²) in [7, 11) is 1.28. The fourth-order valence-corrected chi connectivity index (χ4v) is 1.26. The number of amides is 1. The van der Waals surface area contributed by atoms with E-state index < -0.39 is 23.2 Å². The van der Waals surface area contributed by atoms with Gasteiger partial charge in [-0.1, -0.05) is 18.7 Å². The maximum Gasteiger partial charge on any atom is 0.417 e. The van der Waals surface area contributed by atoms with Gasteiger partial charge in [0.2, 0.25) is 0 Å². The van der Waals surface area contributed by atoms with Gasteiger partial charge in [0.1, 0.15) is 0 Å². The van der Waals surface area contributed by atoms with E-state index in [4.69, 9.17) is 0 Å². The first kappa shape index (κ1) is 12.3. The lowest BCUT2D eigenvalue weighted by atomic mass is 10.0. The Labute approximate surface area is 90.8 Å². The van der Waals surface area contributed by atoms with E-state index in [9.17, 15) is 18.0 Å². The molecule has 16 heavy (non-hydrogen) atoms. The summed E-state index contributed by atoms with van der Waals surface area (Å²) in [6.07, 6.45) is -3.16. The van der Waals surface area contributed by atoms with E-state index >= 15 is 0 Å². The molecule has 0 saturated carbocycles. The van der Waals surface area contributed by atoms with E-state index in [2.05, 4.69) is 11.9 Å². The maximum absolute atomic E-state index is 12.6. The van der Waals surface area contributed by atoms with Gasteiger partial charge in [0.15, 0.2) is 0 Å². The molecule has 0 spiro atoms. The molecule has 0 unspecified atom stereocenters. The van der Waals surface area contributed by atoms with Gasteiger partial charge in [-0.15, -0.1) is 0 Å². The molecule has 2 nitrogen and oxygen atoms in total. The van der Waals surface area contributed by atoms with Gasteiger partial charge in [0.05, 0.1) is 11.1 Å². The topological polar surface area (TPSA) is 29.1 Å². The smallest absolute Gasteiger partial charge is 0.355 e. The molecule has 0 fully saturated rings. The molecule has 0 aliphatic carbocycles. The Balaban J connectivity index is 3.38. The van der Waals surface area contributed by atoms with Crippen molar-refractivity contribution in [2.45, 2.75) is 6.18 Å². The molecule has 1 aromatic carbocycles. The molecule has 0 aliphatic rings. The van der Waals surface area contributed by atoms with Crippen molar-refractivity contribution in [1.29, 1.82) is 0 Å². The zero-order chi connectivity index (χ0) is 12.3. The van der Waals surface area contributed by atoms with Crippen molar-refractivity contribution >= 4 is 12.0 Å². The van der Waals surface area contributed by atoms with Crippen molar-refractivity contribution in [2.24, 2.45) is 0 Å². The van der Waals surface area contributed by atoms with Crippen LogP contribution in [-0.2, 0) is 6.18 Å². The van der Waals surface area contributed by atoms with Gasteiger partial charge in [-0.05, 0) is 17.7 Å². The quantitative estimate of drug-likeness (QED) is 0.830. The van der Waals surface area contributed by atoms with E-state index in [0.29, 0.717) is 5.56 Å². The van der Waals surface area contributed by atoms with E-state index in [-0.39, 0.29) is 0 Å². The van der Waals surface area contributed by atoms with Crippen molar-refractivity contribution in [3.05, 3.63) is 41.5 Å². The van der Waals surface area contributed by atoms with Crippen LogP contribution < -0.4 is 5.32 Å². The summed E-state index contributed by atoms with van der Waals surface area (Å²) < 4.78 is 37.7. The highest BCUT2D eigenvalue weighted by Crippen LogP contribution is 2.32. The first-order valence-corrected chi connectivity index (χ1v) is 4.46. The molecule has 0 atom stereocenters. The molecular weight excluding hydrogens is 219 g/mol. The highest BCUT2D eigenvalue weighted by Gasteiger charge is 2.34. The van der Waals surface area contributed by atoms with Crippen molar-refractivity contribution < 1.29 is 18.0 Å². The van der Waals surface area contributed by atoms with Crippen LogP contribution in [0.2, 0.25) is 0 Å². The molecular formula is C11H10F3NO. The van der Waals surface area contributed by atoms with Crippen molar-refractivity contribution in [3.63, 3.8) is 0 Å². The number of carbonyl (C=O) groups excluding carboxylic acids is 1. The summed E-state index contributed by atoms with van der Waals surface area (Å²) in [6.45, 7) is 3.44. The van der Waals surface area contributed by atoms with Crippen LogP contribution in [0.3, 0.4) is 0 Å². The Kier molecular flexibility index (Phi) is 3.37. The van der Waals surface area contributed by atoms with Crippen LogP contribution in [0.5, 0.6) is 0 Å². The third-order valence-electron chi connectivity index (χ3n) is 2.06. The van der Waals surface area contributed by atoms with Gasteiger partial charge in [0, 0.05) is 7.05 Å². The summed E-state index contributed by atoms with van der Waals surface area (Å²) in [5, 5.41) is 2.17. The van der Waals surface area contributed by atoms with Gasteiger partial charge in [-0.25, -0.2) is 0 Å². The van der Waals surface area contributed by atoms with E-state index in [1.54, 1.807) is 0 Å². The minimum atomic E-state index is -4.54. The molecule has 0 saturated heterocycles. The normalized spacial score (nSPS) is 11.0. The fourth-order valence-electron chi connectivity index (χ4n) is 1.26. The van der Waals surface area contributed by atoms with Crippen LogP contribution in [-0.4, -0.2) is 13.0 Å². The summed E-state index contributed by atoms with van der Waals surface area (Å²) in [6, 6.07) is 3.30. The molecule has 1 aromatic rings. The molecule has 0 bridgehead atoms. The second-order valence-electron chi connectivity index (χ2n) is 3.09. The highest BCUT2D eigenvalue weighted by atomic mass is 19.4. The lowest BCUT2D eigenvalue weighted by Crippen LogP contribution is -2.22. The zero-order valence-corrected chi connectivity index (χ0v) is 8.56. The number of carbonyl (C=O) groups is 1. The number of hydrogen-bond donors (Lipinski definition) is 1. The number of rotatable bonds is 2. The van der Waals surface area contributed by atoms with Crippen molar-refractivity contribution in [1.82, 2.24) is 5.32 Å². The van der Waals surface area contributed by atoms with Crippen molar-refractivity contribution in [2.75, 3.05) is 7.05 Å². The average Bonchev–Trinajstić information content (AvgIpc) is 2.25. The third-order valence-corrected chi connectivity index (χ3v) is 2.06. The molecule has 0 aliphatic heterocycles. The first-order chi connectivity index (χ1) is 7.40. The van der Waals surface area contributed by atoms with E-state index in [1.165, 1.54) is 19.2 Å². The molecule has 1 rings (SSSR count). The summed E-state index contributed by atoms with van der Waals surface area (Å²) in [5.41, 5.74) is -0.878. The predicted octanol–water partition coefficient (Wildman–Crippen LogP) is 2.71. The minimum absolute atomic E-state index is 0.396. The Morgan fingerprint density at radius 3 is 2.50 bits per heavy atom. The van der Waals surface area contributed by atoms with Gasteiger partial charge in [-0.3, -0.25) is 4.79 Å². The average molecular weight is 229 g/mol. The number of halogens is 3. The number of nitrogens with one attached hydrogen (secondary N) is 1. The summed E-state index contributed by atoms with van der Waals surface area (Å²) in [4.78, 5) is 11.3. The predicted molar refractivity (Wildman–Crippen MR) is 54.9 cm³/mol. The second-order valence-corrected chi connectivity index (χ2v) is 3.09. The maximum atomic E-state index is 12.6. The van der Waals surface area contributed by atoms with Crippen LogP contribution in [0.25, 0.3) is 6.08 Å². The Bertz CT molecular complexity index is 424. The molecule has 0 aromatic heterocycles. The van der Waals surface area contributed by atoms with Crippen LogP contribution in [0.15, 0.2) is 24.8 Å². The third kappa shape index (κ3) is 2.42. The molecule has 1 N–H and O–H groups in total. The molecule has 0 radical (unpaired) electrons. The van der Waals surface area contributed by atoms with Gasteiger partial charge >= 0.3 is 6.18 Å². The first-order valence-electron chi connectivity index (χ1n) is 4.46. The van der Waals surface area contributed by atoms with Crippen LogP contribution >= 0.6 is 0 Å². The molecule has 0 heterocycles. The zero-order valence-electron chi connectivity index (χ0n) is 8.56. The van der Waals surface area contributed by atoms with Crippen LogP contribution in [0.1, 0.15) is 21.5 Å². The lowest BCUT2D eigenvalue weighted by Gasteiger charge is -2.12. The Morgan fingerprint density at radius 2 is 2.06 bits per heavy atom. The Hall–Kier alpha value is -1.78. The van der Waals surface area contributed by atoms with Crippen LogP contribution in [0.4, 0.5) is 13.2 Å². The lowest BCUT2D eigenvalue weighted by molar-refractivity contribution is -0.137. The van der Waals surface area contributed by atoms with Crippen molar-refractivity contribution in [3.8, 4) is 0 Å². The Morgan fingerprint density at radius 1 is 1.44 bits per heavy atom. The van der Waals surface area contributed by atoms with E-state index in [1.807, 2.05) is 0 Å². The minimum Gasteiger partial charge on any atom is -0.355 e. The van der Waals surface area contributed by atoms with E-state index in [0.717, 1.165) is 12.1 Å². The van der Waals surface area contributed by atoms with Crippen LogP contribution in [0, 0.1) is 0 Å². The number of benzene rings is 1. The van der Waals surface area contributed by atoms with Gasteiger partial charge < -0.3 is 5.32 Å². The SMILES string of the molecule is C=Cc1ccc(C(F)(F)F)c(C(=O)NC)c1. The molecule has 86 valence electrons.